The van der Waals surface area contributed by atoms with Crippen molar-refractivity contribution in [2.24, 2.45) is 4.99 Å². The number of carbonyl (C=O) groups is 1. The van der Waals surface area contributed by atoms with Crippen molar-refractivity contribution in [3.05, 3.63) is 0 Å². The van der Waals surface area contributed by atoms with E-state index in [1.165, 1.54) is 0 Å². The molecule has 7 heteroatoms. The molecule has 1 amide bonds. The summed E-state index contributed by atoms with van der Waals surface area (Å²) >= 11 is 0. The topological polar surface area (TPSA) is 69.2 Å². The summed E-state index contributed by atoms with van der Waals surface area (Å²) in [5, 5.41) is 6.94. The van der Waals surface area contributed by atoms with Crippen molar-refractivity contribution in [2.75, 3.05) is 39.8 Å². The van der Waals surface area contributed by atoms with Crippen LogP contribution in [-0.4, -0.2) is 85.2 Å². The molecule has 0 aromatic heterocycles. The molecule has 3 unspecified atom stereocenters. The van der Waals surface area contributed by atoms with E-state index in [2.05, 4.69) is 48.2 Å². The van der Waals surface area contributed by atoms with Crippen LogP contribution in [-0.2, 0) is 9.53 Å². The monoisotopic (exact) mass is 367 g/mol. The number of likely N-dealkylation sites (tertiary alicyclic amines) is 1. The Labute approximate surface area is 158 Å². The summed E-state index contributed by atoms with van der Waals surface area (Å²) < 4.78 is 5.86. The van der Waals surface area contributed by atoms with Crippen molar-refractivity contribution < 1.29 is 9.53 Å². The van der Waals surface area contributed by atoms with Gasteiger partial charge in [-0.3, -0.25) is 14.7 Å². The number of aliphatic imine (C=N–C) groups is 1. The maximum absolute atomic E-state index is 11.8. The lowest BCUT2D eigenvalue weighted by molar-refractivity contribution is -0.129. The molecule has 0 aromatic rings. The Morgan fingerprint density at radius 1 is 1.23 bits per heavy atom. The van der Waals surface area contributed by atoms with Crippen LogP contribution >= 0.6 is 0 Å². The van der Waals surface area contributed by atoms with Crippen molar-refractivity contribution >= 4 is 11.9 Å². The summed E-state index contributed by atoms with van der Waals surface area (Å²) in [6, 6.07) is 0.267. The second-order valence-electron chi connectivity index (χ2n) is 8.22. The second kappa shape index (κ2) is 9.04. The third-order valence-electron chi connectivity index (χ3n) is 5.37. The third kappa shape index (κ3) is 5.58. The molecule has 0 aliphatic carbocycles. The molecule has 26 heavy (non-hydrogen) atoms. The molecular weight excluding hydrogens is 330 g/mol. The van der Waals surface area contributed by atoms with Gasteiger partial charge in [-0.2, -0.15) is 0 Å². The number of morpholine rings is 1. The van der Waals surface area contributed by atoms with Gasteiger partial charge in [0.25, 0.3) is 0 Å². The third-order valence-corrected chi connectivity index (χ3v) is 5.37. The first-order valence-electron chi connectivity index (χ1n) is 9.90. The highest BCUT2D eigenvalue weighted by Gasteiger charge is 2.33. The summed E-state index contributed by atoms with van der Waals surface area (Å²) in [6.45, 7) is 15.0. The average molecular weight is 368 g/mol. The molecule has 2 fully saturated rings. The van der Waals surface area contributed by atoms with E-state index in [9.17, 15) is 4.79 Å². The van der Waals surface area contributed by atoms with Crippen LogP contribution in [0.15, 0.2) is 4.99 Å². The molecule has 0 bridgehead atoms. The Kier molecular flexibility index (Phi) is 7.29. The minimum absolute atomic E-state index is 0.00378. The van der Waals surface area contributed by atoms with Crippen LogP contribution in [0.25, 0.3) is 0 Å². The zero-order valence-corrected chi connectivity index (χ0v) is 17.3. The zero-order chi connectivity index (χ0) is 19.3. The highest BCUT2D eigenvalue weighted by atomic mass is 16.5. The lowest BCUT2D eigenvalue weighted by Gasteiger charge is -2.45. The number of rotatable bonds is 5. The number of nitrogens with one attached hydrogen (secondary N) is 2. The fraction of sp³-hybridized carbons (Fsp3) is 0.895. The lowest BCUT2D eigenvalue weighted by Crippen LogP contribution is -2.59. The summed E-state index contributed by atoms with van der Waals surface area (Å²) in [5.41, 5.74) is 0.00378. The van der Waals surface area contributed by atoms with Crippen LogP contribution in [0.2, 0.25) is 0 Å². The number of guanidine groups is 1. The van der Waals surface area contributed by atoms with Crippen LogP contribution in [0.3, 0.4) is 0 Å². The highest BCUT2D eigenvalue weighted by Crippen LogP contribution is 2.20. The maximum atomic E-state index is 11.8. The van der Waals surface area contributed by atoms with Crippen LogP contribution in [0, 0.1) is 0 Å². The SMILES string of the molecule is CCC(=O)N1CCC(NC(=NC)NCC(C)(C)N2CC(C)OC(C)C2)C1. The Hall–Kier alpha value is -1.34. The molecule has 2 saturated heterocycles. The van der Waals surface area contributed by atoms with Crippen molar-refractivity contribution in [1.82, 2.24) is 20.4 Å². The average Bonchev–Trinajstić information content (AvgIpc) is 3.05. The van der Waals surface area contributed by atoms with Gasteiger partial charge in [-0.15, -0.1) is 0 Å². The first-order chi connectivity index (χ1) is 12.2. The van der Waals surface area contributed by atoms with Gasteiger partial charge in [-0.05, 0) is 34.1 Å². The summed E-state index contributed by atoms with van der Waals surface area (Å²) in [5.74, 6) is 1.04. The molecule has 150 valence electrons. The van der Waals surface area contributed by atoms with Crippen molar-refractivity contribution in [3.63, 3.8) is 0 Å². The molecule has 2 aliphatic heterocycles. The predicted octanol–water partition coefficient (Wildman–Crippen LogP) is 1.05. The number of hydrogen-bond acceptors (Lipinski definition) is 4. The van der Waals surface area contributed by atoms with Gasteiger partial charge in [0.2, 0.25) is 5.91 Å². The van der Waals surface area contributed by atoms with Crippen LogP contribution in [0.1, 0.15) is 47.5 Å². The van der Waals surface area contributed by atoms with Gasteiger partial charge >= 0.3 is 0 Å². The molecule has 0 spiro atoms. The molecule has 3 atom stereocenters. The van der Waals surface area contributed by atoms with Gasteiger partial charge in [-0.25, -0.2) is 0 Å². The van der Waals surface area contributed by atoms with Crippen molar-refractivity contribution in [1.29, 1.82) is 0 Å². The van der Waals surface area contributed by atoms with E-state index in [0.717, 1.165) is 45.1 Å². The largest absolute Gasteiger partial charge is 0.373 e. The fourth-order valence-corrected chi connectivity index (χ4v) is 3.80. The molecular formula is C19H37N5O2. The summed E-state index contributed by atoms with van der Waals surface area (Å²) in [7, 11) is 1.80. The molecule has 0 aromatic carbocycles. The predicted molar refractivity (Wildman–Crippen MR) is 105 cm³/mol. The Bertz CT molecular complexity index is 498. The van der Waals surface area contributed by atoms with E-state index in [-0.39, 0.29) is 29.7 Å². The molecule has 0 radical (unpaired) electrons. The Morgan fingerprint density at radius 2 is 1.88 bits per heavy atom. The van der Waals surface area contributed by atoms with Crippen molar-refractivity contribution in [3.8, 4) is 0 Å². The molecule has 2 rings (SSSR count). The first-order valence-corrected chi connectivity index (χ1v) is 9.90. The number of ether oxygens (including phenoxy) is 1. The molecule has 2 N–H and O–H groups in total. The number of nitrogens with zero attached hydrogens (tertiary/aromatic N) is 3. The summed E-state index contributed by atoms with van der Waals surface area (Å²) in [4.78, 5) is 20.6. The number of carbonyl (C=O) groups excluding carboxylic acids is 1. The van der Waals surface area contributed by atoms with E-state index in [1.807, 2.05) is 11.8 Å². The molecule has 7 nitrogen and oxygen atoms in total. The van der Waals surface area contributed by atoms with Crippen LogP contribution < -0.4 is 10.6 Å². The van der Waals surface area contributed by atoms with E-state index in [0.29, 0.717) is 6.42 Å². The Morgan fingerprint density at radius 3 is 2.46 bits per heavy atom. The smallest absolute Gasteiger partial charge is 0.222 e. The summed E-state index contributed by atoms with van der Waals surface area (Å²) in [6.07, 6.45) is 2.06. The molecule has 0 saturated carbocycles. The molecule has 2 aliphatic rings. The number of amides is 1. The molecule has 2 heterocycles. The van der Waals surface area contributed by atoms with E-state index in [1.54, 1.807) is 7.05 Å². The van der Waals surface area contributed by atoms with Gasteiger partial charge in [0.15, 0.2) is 5.96 Å². The fourth-order valence-electron chi connectivity index (χ4n) is 3.80. The lowest BCUT2D eigenvalue weighted by atomic mass is 10.00. The van der Waals surface area contributed by atoms with E-state index in [4.69, 9.17) is 4.74 Å². The van der Waals surface area contributed by atoms with E-state index < -0.39 is 0 Å². The minimum Gasteiger partial charge on any atom is -0.373 e. The number of hydrogen-bond donors (Lipinski definition) is 2. The standard InChI is InChI=1S/C19H37N5O2/c1-7-17(25)23-9-8-16(12-23)22-18(20-6)21-13-19(4,5)24-10-14(2)26-15(3)11-24/h14-16H,7-13H2,1-6H3,(H2,20,21,22). The van der Waals surface area contributed by atoms with Gasteiger partial charge in [0.05, 0.1) is 12.2 Å². The van der Waals surface area contributed by atoms with Crippen LogP contribution in [0.5, 0.6) is 0 Å². The Balaban J connectivity index is 1.83. The van der Waals surface area contributed by atoms with Gasteiger partial charge in [0.1, 0.15) is 0 Å². The zero-order valence-electron chi connectivity index (χ0n) is 17.3. The van der Waals surface area contributed by atoms with Gasteiger partial charge < -0.3 is 20.3 Å². The van der Waals surface area contributed by atoms with E-state index >= 15 is 0 Å². The van der Waals surface area contributed by atoms with Gasteiger partial charge in [-0.1, -0.05) is 6.92 Å². The second-order valence-corrected chi connectivity index (χ2v) is 8.22. The van der Waals surface area contributed by atoms with Crippen molar-refractivity contribution in [2.45, 2.75) is 71.2 Å². The normalized spacial score (nSPS) is 28.3. The maximum Gasteiger partial charge on any atom is 0.222 e. The quantitative estimate of drug-likeness (QED) is 0.562. The minimum atomic E-state index is 0.00378. The highest BCUT2D eigenvalue weighted by molar-refractivity contribution is 5.80. The van der Waals surface area contributed by atoms with Crippen LogP contribution in [0.4, 0.5) is 0 Å². The van der Waals surface area contributed by atoms with Gasteiger partial charge in [0, 0.05) is 57.8 Å². The first kappa shape index (κ1) is 21.0.